The van der Waals surface area contributed by atoms with Crippen molar-refractivity contribution in [3.63, 3.8) is 0 Å². The van der Waals surface area contributed by atoms with Crippen molar-refractivity contribution >= 4 is 16.9 Å². The second-order valence-corrected chi connectivity index (χ2v) is 6.01. The van der Waals surface area contributed by atoms with Gasteiger partial charge in [-0.1, -0.05) is 0 Å². The highest BCUT2D eigenvalue weighted by molar-refractivity contribution is 5.82. The molecule has 0 spiro atoms. The van der Waals surface area contributed by atoms with Crippen LogP contribution in [0, 0.1) is 11.3 Å². The summed E-state index contributed by atoms with van der Waals surface area (Å²) in [6, 6.07) is 4.65. The van der Waals surface area contributed by atoms with E-state index in [9.17, 15) is 5.26 Å². The highest BCUT2D eigenvalue weighted by atomic mass is 16.5. The van der Waals surface area contributed by atoms with Crippen molar-refractivity contribution in [2.45, 2.75) is 32.2 Å². The third-order valence-electron chi connectivity index (χ3n) is 4.02. The molecule has 3 rings (SSSR count). The fourth-order valence-electron chi connectivity index (χ4n) is 2.71. The number of aromatic amines is 1. The maximum absolute atomic E-state index is 9.46. The van der Waals surface area contributed by atoms with Crippen LogP contribution in [0.2, 0.25) is 0 Å². The number of nitrogens with one attached hydrogen (secondary N) is 1. The van der Waals surface area contributed by atoms with Crippen LogP contribution in [0.15, 0.2) is 12.3 Å². The first-order valence-corrected chi connectivity index (χ1v) is 7.13. The zero-order valence-corrected chi connectivity index (χ0v) is 12.6. The Labute approximate surface area is 123 Å². The van der Waals surface area contributed by atoms with Gasteiger partial charge in [0.25, 0.3) is 0 Å². The van der Waals surface area contributed by atoms with Crippen LogP contribution >= 0.6 is 0 Å². The number of aromatic nitrogens is 3. The predicted octanol–water partition coefficient (Wildman–Crippen LogP) is 1.98. The van der Waals surface area contributed by atoms with Crippen molar-refractivity contribution in [1.82, 2.24) is 15.2 Å². The summed E-state index contributed by atoms with van der Waals surface area (Å²) in [6.07, 6.45) is 1.74. The third kappa shape index (κ3) is 2.34. The van der Waals surface area contributed by atoms with Gasteiger partial charge in [0.2, 0.25) is 0 Å². The molecule has 0 radical (unpaired) electrons. The van der Waals surface area contributed by atoms with E-state index < -0.39 is 5.41 Å². The molecule has 0 bridgehead atoms. The minimum atomic E-state index is -0.588. The van der Waals surface area contributed by atoms with Gasteiger partial charge in [-0.25, -0.2) is 4.98 Å². The zero-order valence-electron chi connectivity index (χ0n) is 12.6. The van der Waals surface area contributed by atoms with Crippen LogP contribution < -0.4 is 4.90 Å². The van der Waals surface area contributed by atoms with Gasteiger partial charge in [-0.3, -0.25) is 5.10 Å². The molecule has 1 N–H and O–H groups in total. The van der Waals surface area contributed by atoms with E-state index in [1.807, 2.05) is 19.9 Å². The van der Waals surface area contributed by atoms with Gasteiger partial charge in [0.1, 0.15) is 5.82 Å². The highest BCUT2D eigenvalue weighted by Gasteiger charge is 2.27. The topological polar surface area (TPSA) is 77.8 Å². The molecule has 1 aliphatic heterocycles. The lowest BCUT2D eigenvalue weighted by Gasteiger charge is -2.35. The lowest BCUT2D eigenvalue weighted by atomic mass is 9.85. The molecule has 21 heavy (non-hydrogen) atoms. The number of hydrogen-bond acceptors (Lipinski definition) is 5. The minimum Gasteiger partial charge on any atom is -0.377 e. The summed E-state index contributed by atoms with van der Waals surface area (Å²) in [7, 11) is 0. The first-order chi connectivity index (χ1) is 10.0. The van der Waals surface area contributed by atoms with Gasteiger partial charge < -0.3 is 9.64 Å². The van der Waals surface area contributed by atoms with Crippen LogP contribution in [-0.4, -0.2) is 41.0 Å². The Morgan fingerprint density at radius 3 is 3.05 bits per heavy atom. The van der Waals surface area contributed by atoms with Crippen LogP contribution in [-0.2, 0) is 10.2 Å². The van der Waals surface area contributed by atoms with Crippen molar-refractivity contribution in [2.24, 2.45) is 0 Å². The Kier molecular flexibility index (Phi) is 3.30. The Morgan fingerprint density at radius 2 is 2.33 bits per heavy atom. The van der Waals surface area contributed by atoms with E-state index in [1.165, 1.54) is 0 Å². The second-order valence-electron chi connectivity index (χ2n) is 6.01. The molecule has 1 aliphatic rings. The maximum atomic E-state index is 9.46. The number of morpholine rings is 1. The van der Waals surface area contributed by atoms with Gasteiger partial charge in [0.15, 0.2) is 5.65 Å². The fraction of sp³-hybridized carbons (Fsp3) is 0.533. The SMILES string of the molecule is C[C@@H]1COCCN1c1cc(C(C)(C)C#N)c2cn[nH]c2n1. The standard InChI is InChI=1S/C15H19N5O/c1-10-8-21-5-4-20(10)13-6-12(15(2,3)9-16)11-7-17-19-14(11)18-13/h6-7,10H,4-5,8H2,1-3H3,(H,17,18,19)/t10-/m1/s1. The molecule has 110 valence electrons. The van der Waals surface area contributed by atoms with Crippen molar-refractivity contribution in [1.29, 1.82) is 5.26 Å². The van der Waals surface area contributed by atoms with Crippen LogP contribution in [0.1, 0.15) is 26.3 Å². The van der Waals surface area contributed by atoms with Gasteiger partial charge in [-0.05, 0) is 32.4 Å². The summed E-state index contributed by atoms with van der Waals surface area (Å²) in [5.41, 5.74) is 1.09. The summed E-state index contributed by atoms with van der Waals surface area (Å²) in [5.74, 6) is 0.876. The third-order valence-corrected chi connectivity index (χ3v) is 4.02. The number of nitrogens with zero attached hydrogens (tertiary/aromatic N) is 4. The number of pyridine rings is 1. The van der Waals surface area contributed by atoms with Crippen LogP contribution in [0.4, 0.5) is 5.82 Å². The van der Waals surface area contributed by atoms with E-state index in [1.54, 1.807) is 6.20 Å². The van der Waals surface area contributed by atoms with Crippen LogP contribution in [0.25, 0.3) is 11.0 Å². The quantitative estimate of drug-likeness (QED) is 0.913. The Bertz CT molecular complexity index is 700. The first-order valence-electron chi connectivity index (χ1n) is 7.13. The highest BCUT2D eigenvalue weighted by Crippen LogP contribution is 2.32. The molecule has 2 aromatic rings. The van der Waals surface area contributed by atoms with Gasteiger partial charge in [-0.15, -0.1) is 0 Å². The lowest BCUT2D eigenvalue weighted by molar-refractivity contribution is 0.0985. The molecule has 6 nitrogen and oxygen atoms in total. The van der Waals surface area contributed by atoms with E-state index in [0.717, 1.165) is 29.0 Å². The molecular weight excluding hydrogens is 266 g/mol. The number of H-pyrrole nitrogens is 1. The van der Waals surface area contributed by atoms with E-state index >= 15 is 0 Å². The van der Waals surface area contributed by atoms with Crippen LogP contribution in [0.5, 0.6) is 0 Å². The normalized spacial score (nSPS) is 19.7. The molecule has 2 aromatic heterocycles. The number of fused-ring (bicyclic) bond motifs is 1. The van der Waals surface area contributed by atoms with Gasteiger partial charge in [0.05, 0.1) is 36.9 Å². The molecule has 0 aliphatic carbocycles. The summed E-state index contributed by atoms with van der Waals surface area (Å²) < 4.78 is 5.48. The largest absolute Gasteiger partial charge is 0.377 e. The molecule has 3 heterocycles. The number of ether oxygens (including phenoxy) is 1. The van der Waals surface area contributed by atoms with Gasteiger partial charge in [-0.2, -0.15) is 10.4 Å². The Balaban J connectivity index is 2.15. The van der Waals surface area contributed by atoms with E-state index in [4.69, 9.17) is 4.74 Å². The lowest BCUT2D eigenvalue weighted by Crippen LogP contribution is -2.44. The molecule has 0 unspecified atom stereocenters. The summed E-state index contributed by atoms with van der Waals surface area (Å²) in [4.78, 5) is 6.88. The minimum absolute atomic E-state index is 0.268. The summed E-state index contributed by atoms with van der Waals surface area (Å²) >= 11 is 0. The average molecular weight is 285 g/mol. The molecule has 6 heteroatoms. The predicted molar refractivity (Wildman–Crippen MR) is 80.2 cm³/mol. The smallest absolute Gasteiger partial charge is 0.157 e. The fourth-order valence-corrected chi connectivity index (χ4v) is 2.71. The first kappa shape index (κ1) is 13.8. The number of anilines is 1. The van der Waals surface area contributed by atoms with E-state index in [2.05, 4.69) is 33.1 Å². The Hall–Kier alpha value is -2.13. The molecule has 1 saturated heterocycles. The number of rotatable bonds is 2. The summed E-state index contributed by atoms with van der Waals surface area (Å²) in [6.45, 7) is 8.15. The molecule has 1 fully saturated rings. The van der Waals surface area contributed by atoms with Crippen molar-refractivity contribution < 1.29 is 4.74 Å². The second kappa shape index (κ2) is 5.01. The molecule has 0 amide bonds. The number of hydrogen-bond donors (Lipinski definition) is 1. The van der Waals surface area contributed by atoms with Crippen LogP contribution in [0.3, 0.4) is 0 Å². The van der Waals surface area contributed by atoms with Gasteiger partial charge in [0, 0.05) is 11.9 Å². The monoisotopic (exact) mass is 285 g/mol. The molecule has 0 saturated carbocycles. The molecular formula is C15H19N5O. The van der Waals surface area contributed by atoms with Crippen molar-refractivity contribution in [3.8, 4) is 6.07 Å². The van der Waals surface area contributed by atoms with Gasteiger partial charge >= 0.3 is 0 Å². The average Bonchev–Trinajstić information content (AvgIpc) is 2.94. The zero-order chi connectivity index (χ0) is 15.0. The molecule has 0 aromatic carbocycles. The number of nitriles is 1. The Morgan fingerprint density at radius 1 is 1.52 bits per heavy atom. The van der Waals surface area contributed by atoms with E-state index in [-0.39, 0.29) is 6.04 Å². The maximum Gasteiger partial charge on any atom is 0.157 e. The van der Waals surface area contributed by atoms with Crippen molar-refractivity contribution in [2.75, 3.05) is 24.7 Å². The van der Waals surface area contributed by atoms with Crippen molar-refractivity contribution in [3.05, 3.63) is 17.8 Å². The van der Waals surface area contributed by atoms with E-state index in [0.29, 0.717) is 13.2 Å². The molecule has 1 atom stereocenters. The summed E-state index contributed by atoms with van der Waals surface area (Å²) in [5, 5.41) is 17.4.